The first-order valence-electron chi connectivity index (χ1n) is 7.48. The summed E-state index contributed by atoms with van der Waals surface area (Å²) >= 11 is 5.71. The van der Waals surface area contributed by atoms with Crippen LogP contribution in [-0.4, -0.2) is 24.0 Å². The van der Waals surface area contributed by atoms with Crippen molar-refractivity contribution in [2.45, 2.75) is 12.5 Å². The summed E-state index contributed by atoms with van der Waals surface area (Å²) in [6.45, 7) is 0. The van der Waals surface area contributed by atoms with Gasteiger partial charge in [0.15, 0.2) is 0 Å². The highest BCUT2D eigenvalue weighted by Gasteiger charge is 2.29. The van der Waals surface area contributed by atoms with Crippen LogP contribution >= 0.6 is 12.2 Å². The van der Waals surface area contributed by atoms with E-state index in [9.17, 15) is 0 Å². The molecular weight excluding hydrogens is 288 g/mol. The molecule has 2 aromatic rings. The standard InChI is InChI=1S/C19H20N2S/c1-20(2)17-13-18(15-9-5-3-6-10-15)21(19(22)14-17)16-11-7-4-8-12-16/h3-12,14,18H,13H2,1-2H3/t18-/m1/s1. The van der Waals surface area contributed by atoms with Crippen molar-refractivity contribution in [2.24, 2.45) is 0 Å². The number of hydrogen-bond donors (Lipinski definition) is 0. The van der Waals surface area contributed by atoms with Crippen LogP contribution < -0.4 is 4.90 Å². The molecule has 0 bridgehead atoms. The van der Waals surface area contributed by atoms with Crippen molar-refractivity contribution in [2.75, 3.05) is 19.0 Å². The molecule has 1 atom stereocenters. The summed E-state index contributed by atoms with van der Waals surface area (Å²) < 4.78 is 0. The van der Waals surface area contributed by atoms with Crippen molar-refractivity contribution >= 4 is 22.9 Å². The zero-order chi connectivity index (χ0) is 15.5. The summed E-state index contributed by atoms with van der Waals surface area (Å²) in [5.41, 5.74) is 3.71. The minimum Gasteiger partial charge on any atom is -0.381 e. The lowest BCUT2D eigenvalue weighted by Gasteiger charge is -2.39. The van der Waals surface area contributed by atoms with Gasteiger partial charge in [-0.1, -0.05) is 60.7 Å². The molecule has 0 aliphatic carbocycles. The third kappa shape index (κ3) is 2.90. The number of benzene rings is 2. The predicted octanol–water partition coefficient (Wildman–Crippen LogP) is 4.41. The minimum atomic E-state index is 0.235. The number of rotatable bonds is 3. The molecule has 0 saturated heterocycles. The highest BCUT2D eigenvalue weighted by Crippen LogP contribution is 2.36. The van der Waals surface area contributed by atoms with Crippen molar-refractivity contribution in [1.82, 2.24) is 4.90 Å². The van der Waals surface area contributed by atoms with Crippen LogP contribution in [0.1, 0.15) is 18.0 Å². The maximum Gasteiger partial charge on any atom is 0.108 e. The van der Waals surface area contributed by atoms with Crippen molar-refractivity contribution < 1.29 is 0 Å². The molecule has 2 aromatic carbocycles. The summed E-state index contributed by atoms with van der Waals surface area (Å²) in [7, 11) is 4.16. The number of thiocarbonyl (C=S) groups is 1. The summed E-state index contributed by atoms with van der Waals surface area (Å²) in [6.07, 6.45) is 3.06. The van der Waals surface area contributed by atoms with Crippen LogP contribution in [0.5, 0.6) is 0 Å². The average Bonchev–Trinajstić information content (AvgIpc) is 2.55. The molecule has 0 radical (unpaired) electrons. The maximum absolute atomic E-state index is 5.71. The van der Waals surface area contributed by atoms with E-state index in [1.54, 1.807) is 0 Å². The smallest absolute Gasteiger partial charge is 0.108 e. The molecule has 1 aliphatic heterocycles. The summed E-state index contributed by atoms with van der Waals surface area (Å²) in [5, 5.41) is 0. The Morgan fingerprint density at radius 1 is 0.955 bits per heavy atom. The fourth-order valence-electron chi connectivity index (χ4n) is 2.86. The molecule has 3 rings (SSSR count). The van der Waals surface area contributed by atoms with Crippen molar-refractivity contribution in [1.29, 1.82) is 0 Å². The molecule has 3 heteroatoms. The first-order valence-corrected chi connectivity index (χ1v) is 7.89. The van der Waals surface area contributed by atoms with Crippen LogP contribution in [0.15, 0.2) is 72.4 Å². The van der Waals surface area contributed by atoms with Gasteiger partial charge in [-0.3, -0.25) is 0 Å². The Bertz CT molecular complexity index is 677. The third-order valence-corrected chi connectivity index (χ3v) is 4.35. The fraction of sp³-hybridized carbons (Fsp3) is 0.211. The monoisotopic (exact) mass is 308 g/mol. The molecule has 0 saturated carbocycles. The van der Waals surface area contributed by atoms with E-state index in [2.05, 4.69) is 84.6 Å². The van der Waals surface area contributed by atoms with Gasteiger partial charge in [0.1, 0.15) is 4.99 Å². The van der Waals surface area contributed by atoms with Crippen LogP contribution in [-0.2, 0) is 0 Å². The van der Waals surface area contributed by atoms with E-state index < -0.39 is 0 Å². The van der Waals surface area contributed by atoms with Gasteiger partial charge in [0.05, 0.1) is 6.04 Å². The van der Waals surface area contributed by atoms with E-state index in [-0.39, 0.29) is 6.04 Å². The van der Waals surface area contributed by atoms with Crippen LogP contribution in [0.25, 0.3) is 0 Å². The highest BCUT2D eigenvalue weighted by atomic mass is 32.1. The number of nitrogens with zero attached hydrogens (tertiary/aromatic N) is 2. The normalized spacial score (nSPS) is 18.1. The van der Waals surface area contributed by atoms with E-state index in [1.807, 2.05) is 6.07 Å². The molecule has 0 unspecified atom stereocenters. The second kappa shape index (κ2) is 6.32. The van der Waals surface area contributed by atoms with Gasteiger partial charge in [0.25, 0.3) is 0 Å². The van der Waals surface area contributed by atoms with Gasteiger partial charge in [-0.25, -0.2) is 0 Å². The van der Waals surface area contributed by atoms with Gasteiger partial charge in [-0.2, -0.15) is 0 Å². The Morgan fingerprint density at radius 2 is 1.55 bits per heavy atom. The highest BCUT2D eigenvalue weighted by molar-refractivity contribution is 7.81. The zero-order valence-corrected chi connectivity index (χ0v) is 13.8. The van der Waals surface area contributed by atoms with Crippen molar-refractivity contribution in [3.8, 4) is 0 Å². The van der Waals surface area contributed by atoms with E-state index >= 15 is 0 Å². The number of anilines is 1. The van der Waals surface area contributed by atoms with E-state index in [0.717, 1.165) is 17.1 Å². The molecule has 22 heavy (non-hydrogen) atoms. The Hall–Kier alpha value is -2.13. The molecule has 0 spiro atoms. The Kier molecular flexibility index (Phi) is 4.25. The van der Waals surface area contributed by atoms with E-state index in [4.69, 9.17) is 12.2 Å². The average molecular weight is 308 g/mol. The molecule has 2 nitrogen and oxygen atoms in total. The van der Waals surface area contributed by atoms with Crippen molar-refractivity contribution in [3.05, 3.63) is 78.0 Å². The second-order valence-corrected chi connectivity index (χ2v) is 6.12. The quantitative estimate of drug-likeness (QED) is 0.776. The summed E-state index contributed by atoms with van der Waals surface area (Å²) in [6, 6.07) is 21.2. The first kappa shape index (κ1) is 14.8. The van der Waals surface area contributed by atoms with E-state index in [0.29, 0.717) is 0 Å². The largest absolute Gasteiger partial charge is 0.381 e. The Balaban J connectivity index is 2.06. The Morgan fingerprint density at radius 3 is 2.14 bits per heavy atom. The van der Waals surface area contributed by atoms with Gasteiger partial charge in [-0.15, -0.1) is 0 Å². The van der Waals surface area contributed by atoms with Crippen LogP contribution in [0.4, 0.5) is 5.69 Å². The van der Waals surface area contributed by atoms with Gasteiger partial charge in [-0.05, 0) is 23.8 Å². The molecule has 0 amide bonds. The van der Waals surface area contributed by atoms with Gasteiger partial charge in [0.2, 0.25) is 0 Å². The molecule has 0 fully saturated rings. The van der Waals surface area contributed by atoms with Gasteiger partial charge < -0.3 is 9.80 Å². The predicted molar refractivity (Wildman–Crippen MR) is 97.1 cm³/mol. The molecule has 1 aliphatic rings. The van der Waals surface area contributed by atoms with Crippen molar-refractivity contribution in [3.63, 3.8) is 0 Å². The van der Waals surface area contributed by atoms with Gasteiger partial charge in [0, 0.05) is 31.9 Å². The molecule has 112 valence electrons. The first-order chi connectivity index (χ1) is 10.7. The number of hydrogen-bond acceptors (Lipinski definition) is 2. The minimum absolute atomic E-state index is 0.235. The summed E-state index contributed by atoms with van der Waals surface area (Å²) in [5.74, 6) is 0. The van der Waals surface area contributed by atoms with Gasteiger partial charge >= 0.3 is 0 Å². The molecular formula is C19H20N2S. The SMILES string of the molecule is CN(C)C1=CC(=S)N(c2ccccc2)[C@@H](c2ccccc2)C1. The lowest BCUT2D eigenvalue weighted by molar-refractivity contribution is 0.463. The lowest BCUT2D eigenvalue weighted by Crippen LogP contribution is -2.38. The maximum atomic E-state index is 5.71. The summed E-state index contributed by atoms with van der Waals surface area (Å²) in [4.78, 5) is 5.29. The Labute approximate surface area is 137 Å². The molecule has 0 aromatic heterocycles. The topological polar surface area (TPSA) is 6.48 Å². The van der Waals surface area contributed by atoms with Crippen LogP contribution in [0, 0.1) is 0 Å². The number of para-hydroxylation sites is 1. The molecule has 0 N–H and O–H groups in total. The van der Waals surface area contributed by atoms with Crippen LogP contribution in [0.2, 0.25) is 0 Å². The third-order valence-electron chi connectivity index (χ3n) is 4.03. The second-order valence-electron chi connectivity index (χ2n) is 5.70. The van der Waals surface area contributed by atoms with Crippen LogP contribution in [0.3, 0.4) is 0 Å². The van der Waals surface area contributed by atoms with E-state index in [1.165, 1.54) is 11.3 Å². The molecule has 1 heterocycles. The lowest BCUT2D eigenvalue weighted by atomic mass is 9.96. The fourth-order valence-corrected chi connectivity index (χ4v) is 3.23. The zero-order valence-electron chi connectivity index (χ0n) is 12.9.